The molecule has 9 heteroatoms. The summed E-state index contributed by atoms with van der Waals surface area (Å²) in [5.41, 5.74) is -0.240. The molecule has 0 aliphatic carbocycles. The predicted octanol–water partition coefficient (Wildman–Crippen LogP) is 1.65. The number of nitrogens with zero attached hydrogens (tertiary/aromatic N) is 3. The molecule has 1 amide bonds. The van der Waals surface area contributed by atoms with Crippen molar-refractivity contribution in [3.63, 3.8) is 0 Å². The minimum Gasteiger partial charge on any atom is -0.466 e. The second kappa shape index (κ2) is 9.80. The molecule has 1 aliphatic heterocycles. The summed E-state index contributed by atoms with van der Waals surface area (Å²) in [5.74, 6) is -0.277. The summed E-state index contributed by atoms with van der Waals surface area (Å²) >= 11 is 1.30. The average Bonchev–Trinajstić information content (AvgIpc) is 2.99. The van der Waals surface area contributed by atoms with Crippen molar-refractivity contribution < 1.29 is 14.3 Å². The van der Waals surface area contributed by atoms with Gasteiger partial charge in [0.2, 0.25) is 5.91 Å². The van der Waals surface area contributed by atoms with Gasteiger partial charge in [-0.2, -0.15) is 0 Å². The van der Waals surface area contributed by atoms with Gasteiger partial charge in [0.1, 0.15) is 0 Å². The first-order valence-corrected chi connectivity index (χ1v) is 10.1. The lowest BCUT2D eigenvalue weighted by atomic mass is 9.97. The molecule has 2 heterocycles. The zero-order valence-corrected chi connectivity index (χ0v) is 16.5. The summed E-state index contributed by atoms with van der Waals surface area (Å²) in [6.45, 7) is 7.77. The molecule has 1 unspecified atom stereocenters. The number of ether oxygens (including phenoxy) is 1. The average molecular weight is 385 g/mol. The number of esters is 1. The maximum Gasteiger partial charge on any atom is 0.343 e. The van der Waals surface area contributed by atoms with Gasteiger partial charge >= 0.3 is 11.7 Å². The van der Waals surface area contributed by atoms with Crippen LogP contribution < -0.4 is 5.69 Å². The van der Waals surface area contributed by atoms with Gasteiger partial charge in [0.15, 0.2) is 5.16 Å². The molecule has 1 fully saturated rings. The number of hydrogen-bond donors (Lipinski definition) is 1. The van der Waals surface area contributed by atoms with E-state index < -0.39 is 0 Å². The third kappa shape index (κ3) is 5.12. The zero-order chi connectivity index (χ0) is 19.1. The maximum absolute atomic E-state index is 12.7. The van der Waals surface area contributed by atoms with E-state index in [9.17, 15) is 14.4 Å². The van der Waals surface area contributed by atoms with E-state index >= 15 is 0 Å². The molecule has 1 aliphatic rings. The quantitative estimate of drug-likeness (QED) is 0.541. The first kappa shape index (κ1) is 20.5. The third-order valence-electron chi connectivity index (χ3n) is 4.52. The highest BCUT2D eigenvalue weighted by molar-refractivity contribution is 8.00. The van der Waals surface area contributed by atoms with Gasteiger partial charge in [-0.15, -0.1) is 5.10 Å². The van der Waals surface area contributed by atoms with E-state index in [-0.39, 0.29) is 28.7 Å². The third-order valence-corrected chi connectivity index (χ3v) is 5.59. The van der Waals surface area contributed by atoms with Crippen molar-refractivity contribution >= 4 is 23.6 Å². The molecule has 0 spiro atoms. The molecule has 1 atom stereocenters. The molecule has 0 bridgehead atoms. The van der Waals surface area contributed by atoms with Crippen molar-refractivity contribution in [2.24, 2.45) is 5.92 Å². The van der Waals surface area contributed by atoms with Gasteiger partial charge in [-0.05, 0) is 33.1 Å². The van der Waals surface area contributed by atoms with Gasteiger partial charge in [-0.3, -0.25) is 14.2 Å². The summed E-state index contributed by atoms with van der Waals surface area (Å²) in [5, 5.41) is 6.71. The molecule has 0 saturated carbocycles. The topological polar surface area (TPSA) is 97.3 Å². The zero-order valence-electron chi connectivity index (χ0n) is 15.7. The maximum atomic E-state index is 12.7. The van der Waals surface area contributed by atoms with Crippen LogP contribution in [0, 0.1) is 5.92 Å². The molecule has 26 heavy (non-hydrogen) atoms. The Bertz CT molecular complexity index is 664. The number of thioether (sulfide) groups is 1. The monoisotopic (exact) mass is 384 g/mol. The fourth-order valence-corrected chi connectivity index (χ4v) is 3.93. The summed E-state index contributed by atoms with van der Waals surface area (Å²) in [6.07, 6.45) is 3.12. The molecular formula is C17H28N4O4S. The number of carbonyl (C=O) groups excluding carboxylic acids is 2. The highest BCUT2D eigenvalue weighted by atomic mass is 32.2. The number of hydrogen-bond acceptors (Lipinski definition) is 6. The summed E-state index contributed by atoms with van der Waals surface area (Å²) in [6, 6.07) is 0. The number of H-pyrrole nitrogens is 1. The van der Waals surface area contributed by atoms with Gasteiger partial charge in [-0.1, -0.05) is 25.1 Å². The van der Waals surface area contributed by atoms with E-state index in [1.165, 1.54) is 11.8 Å². The number of unbranched alkanes of at least 4 members (excludes halogenated alkanes) is 1. The van der Waals surface area contributed by atoms with E-state index in [0.717, 1.165) is 12.8 Å². The highest BCUT2D eigenvalue weighted by Crippen LogP contribution is 2.25. The molecule has 0 radical (unpaired) electrons. The number of nitrogens with one attached hydrogen (secondary N) is 1. The normalized spacial score (nSPS) is 16.5. The molecule has 2 rings (SSSR count). The van der Waals surface area contributed by atoms with Crippen LogP contribution in [0.4, 0.5) is 0 Å². The van der Waals surface area contributed by atoms with Crippen LogP contribution in [0.2, 0.25) is 0 Å². The number of piperidine rings is 1. The summed E-state index contributed by atoms with van der Waals surface area (Å²) in [7, 11) is 0. The Morgan fingerprint density at radius 2 is 2.04 bits per heavy atom. The van der Waals surface area contributed by atoms with Crippen LogP contribution in [0.15, 0.2) is 9.95 Å². The van der Waals surface area contributed by atoms with Crippen LogP contribution in [0.5, 0.6) is 0 Å². The van der Waals surface area contributed by atoms with Crippen molar-refractivity contribution in [1.29, 1.82) is 0 Å². The van der Waals surface area contributed by atoms with Crippen molar-refractivity contribution in [2.75, 3.05) is 19.7 Å². The Morgan fingerprint density at radius 3 is 2.65 bits per heavy atom. The Kier molecular flexibility index (Phi) is 7.74. The van der Waals surface area contributed by atoms with E-state index in [1.807, 2.05) is 6.92 Å². The number of carbonyl (C=O) groups is 2. The van der Waals surface area contributed by atoms with E-state index in [4.69, 9.17) is 4.74 Å². The number of likely N-dealkylation sites (tertiary alicyclic amines) is 1. The Hall–Kier alpha value is -1.77. The largest absolute Gasteiger partial charge is 0.466 e. The van der Waals surface area contributed by atoms with Gasteiger partial charge in [0.25, 0.3) is 0 Å². The highest BCUT2D eigenvalue weighted by Gasteiger charge is 2.31. The lowest BCUT2D eigenvalue weighted by Gasteiger charge is -2.32. The lowest BCUT2D eigenvalue weighted by molar-refractivity contribution is -0.151. The molecule has 1 aromatic rings. The molecule has 0 aromatic carbocycles. The SMILES string of the molecule is CCCCn1c(SC(C)C(=O)N2CCC(C(=O)OCC)CC2)n[nH]c1=O. The van der Waals surface area contributed by atoms with Crippen molar-refractivity contribution in [3.05, 3.63) is 10.5 Å². The molecule has 146 valence electrons. The van der Waals surface area contributed by atoms with Gasteiger partial charge < -0.3 is 9.64 Å². The minimum absolute atomic E-state index is 0.00907. The number of aromatic amines is 1. The van der Waals surface area contributed by atoms with Gasteiger partial charge in [0.05, 0.1) is 17.8 Å². The number of aromatic nitrogens is 3. The van der Waals surface area contributed by atoms with Crippen molar-refractivity contribution in [2.45, 2.75) is 63.4 Å². The van der Waals surface area contributed by atoms with E-state index in [2.05, 4.69) is 17.1 Å². The van der Waals surface area contributed by atoms with Crippen LogP contribution in [0.3, 0.4) is 0 Å². The van der Waals surface area contributed by atoms with Crippen LogP contribution >= 0.6 is 11.8 Å². The fourth-order valence-electron chi connectivity index (χ4n) is 2.97. The molecule has 8 nitrogen and oxygen atoms in total. The molecule has 1 aromatic heterocycles. The van der Waals surface area contributed by atoms with Crippen molar-refractivity contribution in [3.8, 4) is 0 Å². The Balaban J connectivity index is 1.91. The standard InChI is InChI=1S/C17H28N4O4S/c1-4-6-9-21-16(24)18-19-17(21)26-12(3)14(22)20-10-7-13(8-11-20)15(23)25-5-2/h12-13H,4-11H2,1-3H3,(H,18,24). The molecule has 1 saturated heterocycles. The van der Waals surface area contributed by atoms with Crippen LogP contribution in [0.25, 0.3) is 0 Å². The van der Waals surface area contributed by atoms with Crippen molar-refractivity contribution in [1.82, 2.24) is 19.7 Å². The Labute approximate surface area is 157 Å². The summed E-state index contributed by atoms with van der Waals surface area (Å²) < 4.78 is 6.65. The van der Waals surface area contributed by atoms with E-state index in [1.54, 1.807) is 16.4 Å². The summed E-state index contributed by atoms with van der Waals surface area (Å²) in [4.78, 5) is 38.1. The Morgan fingerprint density at radius 1 is 1.35 bits per heavy atom. The molecule has 1 N–H and O–H groups in total. The first-order valence-electron chi connectivity index (χ1n) is 9.25. The van der Waals surface area contributed by atoms with Gasteiger partial charge in [-0.25, -0.2) is 9.89 Å². The fraction of sp³-hybridized carbons (Fsp3) is 0.765. The molecular weight excluding hydrogens is 356 g/mol. The lowest BCUT2D eigenvalue weighted by Crippen LogP contribution is -2.43. The number of amides is 1. The van der Waals surface area contributed by atoms with Crippen LogP contribution in [-0.2, 0) is 20.9 Å². The second-order valence-electron chi connectivity index (χ2n) is 6.43. The van der Waals surface area contributed by atoms with Crippen LogP contribution in [-0.4, -0.2) is 56.5 Å². The predicted molar refractivity (Wildman–Crippen MR) is 99.0 cm³/mol. The number of rotatable bonds is 8. The van der Waals surface area contributed by atoms with Crippen LogP contribution in [0.1, 0.15) is 46.5 Å². The smallest absolute Gasteiger partial charge is 0.343 e. The van der Waals surface area contributed by atoms with E-state index in [0.29, 0.717) is 44.2 Å². The second-order valence-corrected chi connectivity index (χ2v) is 7.74. The minimum atomic E-state index is -0.343. The van der Waals surface area contributed by atoms with Gasteiger partial charge in [0, 0.05) is 19.6 Å². The first-order chi connectivity index (χ1) is 12.5.